The summed E-state index contributed by atoms with van der Waals surface area (Å²) in [5.41, 5.74) is 4.13. The highest BCUT2D eigenvalue weighted by atomic mass is 19.4. The van der Waals surface area contributed by atoms with Gasteiger partial charge in [0, 0.05) is 61.8 Å². The number of carbonyl (C=O) groups excluding carboxylic acids is 1. The summed E-state index contributed by atoms with van der Waals surface area (Å²) < 4.78 is 40.6. The Labute approximate surface area is 217 Å². The van der Waals surface area contributed by atoms with Gasteiger partial charge in [0.1, 0.15) is 0 Å². The molecule has 0 radical (unpaired) electrons. The van der Waals surface area contributed by atoms with Gasteiger partial charge in [-0.2, -0.15) is 13.2 Å². The van der Waals surface area contributed by atoms with Gasteiger partial charge in [-0.3, -0.25) is 14.8 Å². The lowest BCUT2D eigenvalue weighted by atomic mass is 9.85. The Morgan fingerprint density at radius 3 is 2.55 bits per heavy atom. The molecule has 0 bridgehead atoms. The van der Waals surface area contributed by atoms with Gasteiger partial charge in [0.15, 0.2) is 5.82 Å². The number of halogens is 3. The molecule has 2 aliphatic rings. The number of alkyl halides is 3. The minimum Gasteiger partial charge on any atom is -0.371 e. The fraction of sp³-hybridized carbons (Fsp3) is 0.370. The number of pyridine rings is 2. The molecule has 196 valence electrons. The van der Waals surface area contributed by atoms with Crippen molar-refractivity contribution in [1.29, 1.82) is 0 Å². The molecule has 6 rings (SSSR count). The Morgan fingerprint density at radius 1 is 0.974 bits per heavy atom. The van der Waals surface area contributed by atoms with Crippen LogP contribution in [0.5, 0.6) is 0 Å². The number of amides is 1. The summed E-state index contributed by atoms with van der Waals surface area (Å²) in [5.74, 6) is -0.980. The molecule has 2 atom stereocenters. The number of piperidine rings is 1. The second-order valence-electron chi connectivity index (χ2n) is 9.97. The number of hydrogen-bond acceptors (Lipinski definition) is 6. The summed E-state index contributed by atoms with van der Waals surface area (Å²) in [4.78, 5) is 26.0. The quantitative estimate of drug-likeness (QED) is 0.397. The summed E-state index contributed by atoms with van der Waals surface area (Å²) >= 11 is 0. The van der Waals surface area contributed by atoms with Crippen LogP contribution in [0.1, 0.15) is 25.0 Å². The largest absolute Gasteiger partial charge is 0.451 e. The number of nitrogens with zero attached hydrogens (tertiary/aromatic N) is 7. The number of rotatable bonds is 3. The fourth-order valence-electron chi connectivity index (χ4n) is 5.65. The lowest BCUT2D eigenvalue weighted by Crippen LogP contribution is -2.49. The van der Waals surface area contributed by atoms with Gasteiger partial charge in [0.25, 0.3) is 0 Å². The van der Waals surface area contributed by atoms with Gasteiger partial charge in [-0.25, -0.2) is 0 Å². The van der Waals surface area contributed by atoms with E-state index in [4.69, 9.17) is 0 Å². The zero-order chi connectivity index (χ0) is 26.4. The molecule has 4 aromatic rings. The monoisotopic (exact) mass is 521 g/mol. The van der Waals surface area contributed by atoms with Crippen LogP contribution in [0.15, 0.2) is 55.0 Å². The standard InChI is InChI=1S/C27H26F3N7O/c1-17-15-35(23-6-10-32-22-14-19(2-3-21(22)23)18-4-8-31-9-5-18)11-7-20(17)25(38)36-12-13-37-24(16-36)33-34-26(37)27(28,29)30/h2-6,8-10,14,17,20H,7,11-13,15-16H2,1H3/t17-,20?/m1/s1. The Morgan fingerprint density at radius 2 is 1.79 bits per heavy atom. The van der Waals surface area contributed by atoms with Gasteiger partial charge in [-0.05, 0) is 47.7 Å². The molecule has 5 heterocycles. The van der Waals surface area contributed by atoms with Gasteiger partial charge in [-0.15, -0.1) is 10.2 Å². The van der Waals surface area contributed by atoms with Crippen LogP contribution in [-0.4, -0.2) is 55.2 Å². The van der Waals surface area contributed by atoms with Crippen molar-refractivity contribution in [3.63, 3.8) is 0 Å². The zero-order valence-corrected chi connectivity index (χ0v) is 20.8. The number of aromatic nitrogens is 5. The van der Waals surface area contributed by atoms with Crippen LogP contribution in [0.2, 0.25) is 0 Å². The lowest BCUT2D eigenvalue weighted by Gasteiger charge is -2.40. The molecule has 2 aliphatic heterocycles. The summed E-state index contributed by atoms with van der Waals surface area (Å²) in [5, 5.41) is 8.08. The second-order valence-corrected chi connectivity index (χ2v) is 9.97. The van der Waals surface area contributed by atoms with Crippen LogP contribution in [0.3, 0.4) is 0 Å². The van der Waals surface area contributed by atoms with Crippen LogP contribution in [0, 0.1) is 11.8 Å². The molecular weight excluding hydrogens is 495 g/mol. The normalized spacial score (nSPS) is 20.0. The third-order valence-electron chi connectivity index (χ3n) is 7.61. The molecule has 1 saturated heterocycles. The Kier molecular flexibility index (Phi) is 6.00. The maximum atomic E-state index is 13.4. The first-order chi connectivity index (χ1) is 18.3. The van der Waals surface area contributed by atoms with E-state index in [1.807, 2.05) is 24.4 Å². The summed E-state index contributed by atoms with van der Waals surface area (Å²) in [6, 6.07) is 12.2. The summed E-state index contributed by atoms with van der Waals surface area (Å²) in [7, 11) is 0. The molecule has 1 amide bonds. The summed E-state index contributed by atoms with van der Waals surface area (Å²) in [6.45, 7) is 3.77. The van der Waals surface area contributed by atoms with E-state index >= 15 is 0 Å². The third-order valence-corrected chi connectivity index (χ3v) is 7.61. The average Bonchev–Trinajstić information content (AvgIpc) is 3.37. The van der Waals surface area contributed by atoms with Gasteiger partial charge in [0.05, 0.1) is 12.1 Å². The highest BCUT2D eigenvalue weighted by Crippen LogP contribution is 2.35. The van der Waals surface area contributed by atoms with Crippen molar-refractivity contribution < 1.29 is 18.0 Å². The highest BCUT2D eigenvalue weighted by Gasteiger charge is 2.41. The number of benzene rings is 1. The zero-order valence-electron chi connectivity index (χ0n) is 20.8. The van der Waals surface area contributed by atoms with Crippen molar-refractivity contribution in [2.24, 2.45) is 11.8 Å². The van der Waals surface area contributed by atoms with Crippen LogP contribution >= 0.6 is 0 Å². The van der Waals surface area contributed by atoms with E-state index < -0.39 is 12.0 Å². The SMILES string of the molecule is C[C@@H]1CN(c2ccnc3cc(-c4ccncc4)ccc23)CCC1C(=O)N1CCn2c(nnc2C(F)(F)F)C1. The van der Waals surface area contributed by atoms with E-state index in [0.29, 0.717) is 19.5 Å². The predicted molar refractivity (Wildman–Crippen MR) is 135 cm³/mol. The van der Waals surface area contributed by atoms with Crippen molar-refractivity contribution in [3.05, 3.63) is 66.6 Å². The van der Waals surface area contributed by atoms with Gasteiger partial charge in [0.2, 0.25) is 11.7 Å². The number of carbonyl (C=O) groups is 1. The van der Waals surface area contributed by atoms with Crippen molar-refractivity contribution in [3.8, 4) is 11.1 Å². The number of fused-ring (bicyclic) bond motifs is 2. The van der Waals surface area contributed by atoms with E-state index in [9.17, 15) is 18.0 Å². The topological polar surface area (TPSA) is 80.0 Å². The number of hydrogen-bond donors (Lipinski definition) is 0. The first kappa shape index (κ1) is 24.3. The molecule has 0 aliphatic carbocycles. The van der Waals surface area contributed by atoms with E-state index in [2.05, 4.69) is 50.2 Å². The maximum Gasteiger partial charge on any atom is 0.451 e. The highest BCUT2D eigenvalue weighted by molar-refractivity contribution is 5.94. The van der Waals surface area contributed by atoms with Crippen LogP contribution in [0.4, 0.5) is 18.9 Å². The molecule has 0 N–H and O–H groups in total. The minimum absolute atomic E-state index is 0.0264. The Bertz CT molecular complexity index is 1490. The number of anilines is 1. The van der Waals surface area contributed by atoms with Crippen molar-refractivity contribution in [2.45, 2.75) is 32.6 Å². The van der Waals surface area contributed by atoms with E-state index in [-0.39, 0.29) is 43.2 Å². The smallest absolute Gasteiger partial charge is 0.371 e. The van der Waals surface area contributed by atoms with Gasteiger partial charge < -0.3 is 14.4 Å². The van der Waals surface area contributed by atoms with Gasteiger partial charge >= 0.3 is 6.18 Å². The Hall–Kier alpha value is -4.02. The van der Waals surface area contributed by atoms with E-state index in [1.165, 1.54) is 0 Å². The molecule has 1 aromatic carbocycles. The molecule has 1 unspecified atom stereocenters. The van der Waals surface area contributed by atoms with Crippen LogP contribution < -0.4 is 4.90 Å². The third kappa shape index (κ3) is 4.35. The molecule has 11 heteroatoms. The molecule has 1 fully saturated rings. The average molecular weight is 522 g/mol. The Balaban J connectivity index is 1.17. The molecule has 0 saturated carbocycles. The molecular formula is C27H26F3N7O. The first-order valence-corrected chi connectivity index (χ1v) is 12.6. The second kappa shape index (κ2) is 9.38. The summed E-state index contributed by atoms with van der Waals surface area (Å²) in [6.07, 6.45) is 1.46. The minimum atomic E-state index is -4.56. The van der Waals surface area contributed by atoms with Crippen molar-refractivity contribution in [2.75, 3.05) is 24.5 Å². The molecule has 3 aromatic heterocycles. The van der Waals surface area contributed by atoms with Crippen molar-refractivity contribution in [1.82, 2.24) is 29.6 Å². The predicted octanol–water partition coefficient (Wildman–Crippen LogP) is 4.41. The van der Waals surface area contributed by atoms with Crippen LogP contribution in [0.25, 0.3) is 22.0 Å². The van der Waals surface area contributed by atoms with E-state index in [0.717, 1.165) is 32.3 Å². The first-order valence-electron chi connectivity index (χ1n) is 12.6. The molecule has 8 nitrogen and oxygen atoms in total. The van der Waals surface area contributed by atoms with Crippen LogP contribution in [-0.2, 0) is 24.1 Å². The molecule has 0 spiro atoms. The maximum absolute atomic E-state index is 13.4. The van der Waals surface area contributed by atoms with Crippen molar-refractivity contribution >= 4 is 22.5 Å². The van der Waals surface area contributed by atoms with Gasteiger partial charge in [-0.1, -0.05) is 19.1 Å². The van der Waals surface area contributed by atoms with E-state index in [1.54, 1.807) is 17.3 Å². The molecule has 38 heavy (non-hydrogen) atoms. The lowest BCUT2D eigenvalue weighted by molar-refractivity contribution is -0.148. The fourth-order valence-corrected chi connectivity index (χ4v) is 5.65.